The number of benzene rings is 1. The smallest absolute Gasteiger partial charge is 0.251 e. The Hall–Kier alpha value is -2.47. The molecule has 6 heteroatoms. The Bertz CT molecular complexity index is 766. The predicted octanol–water partition coefficient (Wildman–Crippen LogP) is 3.46. The monoisotopic (exact) mass is 326 g/mol. The third-order valence-corrected chi connectivity index (χ3v) is 4.58. The highest BCUT2D eigenvalue weighted by Crippen LogP contribution is 2.26. The number of carbonyl (C=O) groups is 1. The molecule has 0 aliphatic heterocycles. The predicted molar refractivity (Wildman–Crippen MR) is 90.7 cm³/mol. The first-order valence-electron chi connectivity index (χ1n) is 7.44. The van der Waals surface area contributed by atoms with Crippen molar-refractivity contribution in [2.45, 2.75) is 19.9 Å². The SMILES string of the molecule is CC(C)C(NC(=O)c1cccc(-n2cnnc2)c1)c1cccs1. The van der Waals surface area contributed by atoms with Gasteiger partial charge in [-0.25, -0.2) is 0 Å². The van der Waals surface area contributed by atoms with Crippen LogP contribution in [0.25, 0.3) is 5.69 Å². The van der Waals surface area contributed by atoms with Crippen molar-refractivity contribution >= 4 is 17.2 Å². The summed E-state index contributed by atoms with van der Waals surface area (Å²) >= 11 is 1.66. The van der Waals surface area contributed by atoms with Crippen molar-refractivity contribution in [3.8, 4) is 5.69 Å². The zero-order valence-corrected chi connectivity index (χ0v) is 13.8. The minimum absolute atomic E-state index is 0.0149. The van der Waals surface area contributed by atoms with E-state index in [2.05, 4.69) is 35.4 Å². The van der Waals surface area contributed by atoms with Crippen molar-refractivity contribution in [1.82, 2.24) is 20.1 Å². The molecule has 0 bridgehead atoms. The molecule has 1 atom stereocenters. The van der Waals surface area contributed by atoms with Crippen molar-refractivity contribution in [3.63, 3.8) is 0 Å². The third-order valence-electron chi connectivity index (χ3n) is 3.63. The van der Waals surface area contributed by atoms with Crippen LogP contribution in [0.3, 0.4) is 0 Å². The Morgan fingerprint density at radius 2 is 1.96 bits per heavy atom. The van der Waals surface area contributed by atoms with Gasteiger partial charge < -0.3 is 5.32 Å². The van der Waals surface area contributed by atoms with Gasteiger partial charge in [0.1, 0.15) is 12.7 Å². The van der Waals surface area contributed by atoms with E-state index in [1.54, 1.807) is 28.6 Å². The summed E-state index contributed by atoms with van der Waals surface area (Å²) in [6.07, 6.45) is 3.22. The van der Waals surface area contributed by atoms with Gasteiger partial charge in [0.2, 0.25) is 0 Å². The van der Waals surface area contributed by atoms with Gasteiger partial charge in [0.25, 0.3) is 5.91 Å². The van der Waals surface area contributed by atoms with Crippen LogP contribution in [0, 0.1) is 5.92 Å². The number of hydrogen-bond acceptors (Lipinski definition) is 4. The van der Waals surface area contributed by atoms with Crippen LogP contribution in [0.1, 0.15) is 35.1 Å². The Labute approximate surface area is 139 Å². The minimum atomic E-state index is -0.0768. The Balaban J connectivity index is 1.81. The van der Waals surface area contributed by atoms with Crippen LogP contribution in [-0.2, 0) is 0 Å². The lowest BCUT2D eigenvalue weighted by Gasteiger charge is -2.21. The van der Waals surface area contributed by atoms with Gasteiger partial charge in [-0.2, -0.15) is 0 Å². The van der Waals surface area contributed by atoms with E-state index in [0.29, 0.717) is 11.5 Å². The van der Waals surface area contributed by atoms with Crippen LogP contribution in [0.4, 0.5) is 0 Å². The molecule has 2 heterocycles. The van der Waals surface area contributed by atoms with Crippen molar-refractivity contribution in [2.75, 3.05) is 0 Å². The Morgan fingerprint density at radius 3 is 2.61 bits per heavy atom. The number of amides is 1. The molecule has 0 saturated carbocycles. The first-order chi connectivity index (χ1) is 11.1. The van der Waals surface area contributed by atoms with Crippen LogP contribution in [0.15, 0.2) is 54.4 Å². The average molecular weight is 326 g/mol. The summed E-state index contributed by atoms with van der Waals surface area (Å²) in [4.78, 5) is 13.8. The molecule has 0 radical (unpaired) electrons. The second kappa shape index (κ2) is 6.75. The normalized spacial score (nSPS) is 12.3. The van der Waals surface area contributed by atoms with E-state index in [1.807, 2.05) is 35.7 Å². The van der Waals surface area contributed by atoms with E-state index in [1.165, 1.54) is 4.88 Å². The van der Waals surface area contributed by atoms with Crippen molar-refractivity contribution < 1.29 is 4.79 Å². The first kappa shape index (κ1) is 15.4. The summed E-state index contributed by atoms with van der Waals surface area (Å²) in [6.45, 7) is 4.22. The average Bonchev–Trinajstić information content (AvgIpc) is 3.25. The molecule has 0 fully saturated rings. The lowest BCUT2D eigenvalue weighted by Crippen LogP contribution is -2.31. The molecule has 0 saturated heterocycles. The molecule has 1 unspecified atom stereocenters. The maximum absolute atomic E-state index is 12.6. The molecule has 23 heavy (non-hydrogen) atoms. The van der Waals surface area contributed by atoms with Gasteiger partial charge in [0, 0.05) is 16.1 Å². The fourth-order valence-corrected chi connectivity index (χ4v) is 3.35. The fraction of sp³-hybridized carbons (Fsp3) is 0.235. The molecule has 0 aliphatic carbocycles. The highest BCUT2D eigenvalue weighted by Gasteiger charge is 2.20. The molecule has 3 rings (SSSR count). The Kier molecular flexibility index (Phi) is 4.52. The molecule has 5 nitrogen and oxygen atoms in total. The molecule has 1 amide bonds. The summed E-state index contributed by atoms with van der Waals surface area (Å²) in [6, 6.07) is 11.5. The van der Waals surface area contributed by atoms with Crippen molar-refractivity contribution in [3.05, 3.63) is 64.9 Å². The molecule has 2 aromatic heterocycles. The molecular weight excluding hydrogens is 308 g/mol. The van der Waals surface area contributed by atoms with Gasteiger partial charge in [-0.05, 0) is 35.6 Å². The van der Waals surface area contributed by atoms with Gasteiger partial charge in [-0.15, -0.1) is 21.5 Å². The molecule has 1 aromatic carbocycles. The Morgan fingerprint density at radius 1 is 1.17 bits per heavy atom. The maximum Gasteiger partial charge on any atom is 0.251 e. The molecular formula is C17H18N4OS. The number of hydrogen-bond donors (Lipinski definition) is 1. The molecule has 3 aromatic rings. The number of nitrogens with one attached hydrogen (secondary N) is 1. The number of rotatable bonds is 5. The van der Waals surface area contributed by atoms with Crippen LogP contribution < -0.4 is 5.32 Å². The second-order valence-electron chi connectivity index (χ2n) is 5.63. The van der Waals surface area contributed by atoms with Crippen LogP contribution >= 0.6 is 11.3 Å². The van der Waals surface area contributed by atoms with E-state index in [0.717, 1.165) is 5.69 Å². The lowest BCUT2D eigenvalue weighted by atomic mass is 10.0. The second-order valence-corrected chi connectivity index (χ2v) is 6.61. The van der Waals surface area contributed by atoms with Gasteiger partial charge in [-0.1, -0.05) is 26.0 Å². The maximum atomic E-state index is 12.6. The number of carbonyl (C=O) groups excluding carboxylic acids is 1. The summed E-state index contributed by atoms with van der Waals surface area (Å²) in [5, 5.41) is 12.8. The van der Waals surface area contributed by atoms with E-state index in [-0.39, 0.29) is 11.9 Å². The van der Waals surface area contributed by atoms with E-state index in [9.17, 15) is 4.79 Å². The first-order valence-corrected chi connectivity index (χ1v) is 8.32. The highest BCUT2D eigenvalue weighted by atomic mass is 32.1. The summed E-state index contributed by atoms with van der Waals surface area (Å²) < 4.78 is 1.77. The third kappa shape index (κ3) is 3.48. The van der Waals surface area contributed by atoms with Gasteiger partial charge >= 0.3 is 0 Å². The fourth-order valence-electron chi connectivity index (χ4n) is 2.40. The van der Waals surface area contributed by atoms with Crippen LogP contribution in [0.5, 0.6) is 0 Å². The standard InChI is InChI=1S/C17H18N4OS/c1-12(2)16(15-7-4-8-23-15)20-17(22)13-5-3-6-14(9-13)21-10-18-19-11-21/h3-12,16H,1-2H3,(H,20,22). The molecule has 0 spiro atoms. The number of thiophene rings is 1. The van der Waals surface area contributed by atoms with Crippen molar-refractivity contribution in [1.29, 1.82) is 0 Å². The minimum Gasteiger partial charge on any atom is -0.344 e. The summed E-state index contributed by atoms with van der Waals surface area (Å²) in [7, 11) is 0. The molecule has 1 N–H and O–H groups in total. The number of nitrogens with zero attached hydrogens (tertiary/aromatic N) is 3. The largest absolute Gasteiger partial charge is 0.344 e. The number of aromatic nitrogens is 3. The highest BCUT2D eigenvalue weighted by molar-refractivity contribution is 7.10. The topological polar surface area (TPSA) is 59.8 Å². The quantitative estimate of drug-likeness (QED) is 0.781. The van der Waals surface area contributed by atoms with Crippen molar-refractivity contribution in [2.24, 2.45) is 5.92 Å². The summed E-state index contributed by atoms with van der Waals surface area (Å²) in [5.41, 5.74) is 1.48. The van der Waals surface area contributed by atoms with Gasteiger partial charge in [0.15, 0.2) is 0 Å². The zero-order valence-electron chi connectivity index (χ0n) is 13.0. The van der Waals surface area contributed by atoms with Gasteiger partial charge in [-0.3, -0.25) is 9.36 Å². The van der Waals surface area contributed by atoms with Gasteiger partial charge in [0.05, 0.1) is 6.04 Å². The van der Waals surface area contributed by atoms with Crippen LogP contribution in [-0.4, -0.2) is 20.7 Å². The van der Waals surface area contributed by atoms with E-state index in [4.69, 9.17) is 0 Å². The summed E-state index contributed by atoms with van der Waals surface area (Å²) in [5.74, 6) is 0.241. The van der Waals surface area contributed by atoms with E-state index < -0.39 is 0 Å². The lowest BCUT2D eigenvalue weighted by molar-refractivity contribution is 0.0926. The zero-order chi connectivity index (χ0) is 16.2. The molecule has 0 aliphatic rings. The van der Waals surface area contributed by atoms with Crippen LogP contribution in [0.2, 0.25) is 0 Å². The molecule has 118 valence electrons. The van der Waals surface area contributed by atoms with E-state index >= 15 is 0 Å².